The van der Waals surface area contributed by atoms with Crippen LogP contribution in [0.25, 0.3) is 0 Å². The molecule has 0 unspecified atom stereocenters. The second kappa shape index (κ2) is 8.79. The Morgan fingerprint density at radius 2 is 1.21 bits per heavy atom. The molecule has 11 heteroatoms. The first-order valence-corrected chi connectivity index (χ1v) is 14.6. The summed E-state index contributed by atoms with van der Waals surface area (Å²) >= 11 is 0. The fraction of sp³-hybridized carbons (Fsp3) is 0.391. The number of carbonyl (C=O) groups excluding carboxylic acids is 2. The summed E-state index contributed by atoms with van der Waals surface area (Å²) < 4.78 is 47.0. The number of hydrogen-bond donors (Lipinski definition) is 1. The average Bonchev–Trinajstić information content (AvgIpc) is 2.96. The van der Waals surface area contributed by atoms with Crippen LogP contribution in [0.15, 0.2) is 58.3 Å². The van der Waals surface area contributed by atoms with Gasteiger partial charge in [0.15, 0.2) is 19.7 Å². The van der Waals surface area contributed by atoms with Crippen molar-refractivity contribution in [3.8, 4) is 0 Å². The maximum atomic E-state index is 13.6. The molecule has 0 bridgehead atoms. The molecule has 0 aliphatic carbocycles. The monoisotopic (exact) mass is 505 g/mol. The van der Waals surface area contributed by atoms with Crippen LogP contribution < -0.4 is 5.32 Å². The lowest BCUT2D eigenvalue weighted by atomic mass is 9.86. The molecule has 2 aliphatic heterocycles. The number of benzene rings is 2. The Balaban J connectivity index is 1.62. The lowest BCUT2D eigenvalue weighted by Gasteiger charge is -2.38. The molecule has 3 amide bonds. The van der Waals surface area contributed by atoms with Crippen LogP contribution in [0, 0.1) is 0 Å². The van der Waals surface area contributed by atoms with Crippen molar-refractivity contribution in [3.05, 3.63) is 59.7 Å². The maximum absolute atomic E-state index is 13.6. The summed E-state index contributed by atoms with van der Waals surface area (Å²) in [5.74, 6) is -0.265. The molecule has 0 atom stereocenters. The number of carbonyl (C=O) groups is 2. The molecule has 182 valence electrons. The third-order valence-corrected chi connectivity index (χ3v) is 8.69. The number of nitrogens with one attached hydrogen (secondary N) is 1. The molecule has 0 saturated carbocycles. The molecular formula is C23H27N3O6S2. The van der Waals surface area contributed by atoms with Crippen LogP contribution in [0.5, 0.6) is 0 Å². The summed E-state index contributed by atoms with van der Waals surface area (Å²) in [6.45, 7) is 1.41. The van der Waals surface area contributed by atoms with E-state index in [1.165, 1.54) is 29.2 Å². The van der Waals surface area contributed by atoms with Crippen LogP contribution in [0.4, 0.5) is 4.79 Å². The number of imide groups is 1. The quantitative estimate of drug-likeness (QED) is 0.592. The van der Waals surface area contributed by atoms with Gasteiger partial charge in [-0.25, -0.2) is 21.6 Å². The largest absolute Gasteiger partial charge is 0.328 e. The van der Waals surface area contributed by atoms with Crippen LogP contribution in [0.3, 0.4) is 0 Å². The molecule has 1 N–H and O–H groups in total. The summed E-state index contributed by atoms with van der Waals surface area (Å²) in [5.41, 5.74) is 0.410. The first-order valence-electron chi connectivity index (χ1n) is 10.8. The number of piperidine rings is 1. The predicted molar refractivity (Wildman–Crippen MR) is 125 cm³/mol. The van der Waals surface area contributed by atoms with Gasteiger partial charge in [-0.05, 0) is 61.3 Å². The van der Waals surface area contributed by atoms with Gasteiger partial charge in [-0.15, -0.1) is 0 Å². The highest BCUT2D eigenvalue weighted by atomic mass is 32.2. The SMILES string of the molecule is CS(=O)(=O)c1ccc(CN2C(=O)N(Cc3ccc(S(C)(=O)=O)cc3)C3(CCNCC3)C2=O)cc1. The molecule has 2 aromatic rings. The fourth-order valence-electron chi connectivity index (χ4n) is 4.51. The summed E-state index contributed by atoms with van der Waals surface area (Å²) in [5, 5.41) is 3.23. The highest BCUT2D eigenvalue weighted by molar-refractivity contribution is 7.91. The molecule has 0 radical (unpaired) electrons. The lowest BCUT2D eigenvalue weighted by Crippen LogP contribution is -2.55. The first kappa shape index (κ1) is 24.4. The van der Waals surface area contributed by atoms with Crippen LogP contribution in [0.2, 0.25) is 0 Å². The number of sulfone groups is 2. The Kier molecular flexibility index (Phi) is 6.30. The van der Waals surface area contributed by atoms with Gasteiger partial charge in [0, 0.05) is 19.1 Å². The smallest absolute Gasteiger partial charge is 0.317 e. The third kappa shape index (κ3) is 4.59. The van der Waals surface area contributed by atoms with Crippen molar-refractivity contribution >= 4 is 31.6 Å². The summed E-state index contributed by atoms with van der Waals surface area (Å²) in [7, 11) is -6.68. The zero-order chi connectivity index (χ0) is 24.7. The summed E-state index contributed by atoms with van der Waals surface area (Å²) in [4.78, 5) is 30.2. The molecule has 9 nitrogen and oxygen atoms in total. The zero-order valence-corrected chi connectivity index (χ0v) is 20.7. The Labute approximate surface area is 199 Å². The van der Waals surface area contributed by atoms with E-state index in [0.29, 0.717) is 31.5 Å². The minimum absolute atomic E-state index is 0.0421. The van der Waals surface area contributed by atoms with Crippen LogP contribution >= 0.6 is 0 Å². The van der Waals surface area contributed by atoms with Crippen molar-refractivity contribution in [2.45, 2.75) is 41.3 Å². The van der Waals surface area contributed by atoms with Crippen LogP contribution in [-0.4, -0.2) is 69.7 Å². The first-order chi connectivity index (χ1) is 15.9. The zero-order valence-electron chi connectivity index (χ0n) is 19.0. The Bertz CT molecular complexity index is 1310. The van der Waals surface area contributed by atoms with Gasteiger partial charge >= 0.3 is 6.03 Å². The highest BCUT2D eigenvalue weighted by Gasteiger charge is 2.57. The maximum Gasteiger partial charge on any atom is 0.328 e. The number of rotatable bonds is 6. The van der Waals surface area contributed by atoms with E-state index in [1.54, 1.807) is 29.2 Å². The Morgan fingerprint density at radius 1 is 0.765 bits per heavy atom. The van der Waals surface area contributed by atoms with E-state index < -0.39 is 31.2 Å². The van der Waals surface area contributed by atoms with Crippen molar-refractivity contribution in [1.82, 2.24) is 15.1 Å². The van der Waals surface area contributed by atoms with Gasteiger partial charge in [0.05, 0.1) is 16.3 Å². The van der Waals surface area contributed by atoms with Gasteiger partial charge in [0.25, 0.3) is 5.91 Å². The molecule has 2 aromatic carbocycles. The topological polar surface area (TPSA) is 121 Å². The van der Waals surface area contributed by atoms with E-state index in [-0.39, 0.29) is 28.8 Å². The molecule has 34 heavy (non-hydrogen) atoms. The minimum Gasteiger partial charge on any atom is -0.317 e. The standard InChI is InChI=1S/C23H27N3O6S2/c1-33(29,30)19-7-3-17(4-8-19)15-25-21(27)23(11-13-24-14-12-23)26(22(25)28)16-18-5-9-20(10-6-18)34(2,31)32/h3-10,24H,11-16H2,1-2H3. The number of hydrogen-bond acceptors (Lipinski definition) is 7. The van der Waals surface area contributed by atoms with E-state index in [4.69, 9.17) is 0 Å². The van der Waals surface area contributed by atoms with Crippen molar-refractivity contribution in [2.24, 2.45) is 0 Å². The van der Waals surface area contributed by atoms with Crippen molar-refractivity contribution in [2.75, 3.05) is 25.6 Å². The van der Waals surface area contributed by atoms with E-state index in [9.17, 15) is 26.4 Å². The van der Waals surface area contributed by atoms with Gasteiger partial charge in [-0.1, -0.05) is 24.3 Å². The summed E-state index contributed by atoms with van der Waals surface area (Å²) in [6.07, 6.45) is 3.21. The normalized spacial score (nSPS) is 18.6. The van der Waals surface area contributed by atoms with Crippen molar-refractivity contribution in [3.63, 3.8) is 0 Å². The van der Waals surface area contributed by atoms with E-state index >= 15 is 0 Å². The molecule has 2 aliphatic rings. The van der Waals surface area contributed by atoms with E-state index in [0.717, 1.165) is 18.1 Å². The molecule has 2 fully saturated rings. The molecule has 2 heterocycles. The van der Waals surface area contributed by atoms with E-state index in [1.807, 2.05) is 0 Å². The van der Waals surface area contributed by atoms with Crippen LogP contribution in [-0.2, 0) is 37.6 Å². The fourth-order valence-corrected chi connectivity index (χ4v) is 5.78. The number of nitrogens with zero attached hydrogens (tertiary/aromatic N) is 2. The Morgan fingerprint density at radius 3 is 1.65 bits per heavy atom. The predicted octanol–water partition coefficient (Wildman–Crippen LogP) is 1.58. The average molecular weight is 506 g/mol. The van der Waals surface area contributed by atoms with Gasteiger partial charge in [-0.3, -0.25) is 9.69 Å². The summed E-state index contributed by atoms with van der Waals surface area (Å²) in [6, 6.07) is 12.1. The Hall–Kier alpha value is -2.76. The highest BCUT2D eigenvalue weighted by Crippen LogP contribution is 2.37. The molecular weight excluding hydrogens is 478 g/mol. The molecule has 0 aromatic heterocycles. The van der Waals surface area contributed by atoms with Gasteiger partial charge in [0.2, 0.25) is 0 Å². The van der Waals surface area contributed by atoms with E-state index in [2.05, 4.69) is 5.32 Å². The molecule has 1 spiro atoms. The minimum atomic E-state index is -3.35. The van der Waals surface area contributed by atoms with Gasteiger partial charge < -0.3 is 10.2 Å². The van der Waals surface area contributed by atoms with Crippen LogP contribution in [0.1, 0.15) is 24.0 Å². The molecule has 4 rings (SSSR count). The lowest BCUT2D eigenvalue weighted by molar-refractivity contribution is -0.135. The number of urea groups is 1. The second-order valence-corrected chi connectivity index (χ2v) is 12.9. The van der Waals surface area contributed by atoms with Gasteiger partial charge in [0.1, 0.15) is 5.54 Å². The number of amides is 3. The van der Waals surface area contributed by atoms with Gasteiger partial charge in [-0.2, -0.15) is 0 Å². The second-order valence-electron chi connectivity index (χ2n) is 8.87. The van der Waals surface area contributed by atoms with Crippen molar-refractivity contribution < 1.29 is 26.4 Å². The third-order valence-electron chi connectivity index (χ3n) is 6.44. The van der Waals surface area contributed by atoms with Crippen molar-refractivity contribution in [1.29, 1.82) is 0 Å². The molecule has 2 saturated heterocycles.